The van der Waals surface area contributed by atoms with E-state index in [9.17, 15) is 0 Å². The molecule has 0 aromatic carbocycles. The first kappa shape index (κ1) is 12.7. The smallest absolute Gasteiger partial charge is 0.0221 e. The molecule has 1 N–H and O–H groups in total. The predicted octanol–water partition coefficient (Wildman–Crippen LogP) is 2.08. The van der Waals surface area contributed by atoms with Crippen LogP contribution in [0.1, 0.15) is 32.3 Å². The van der Waals surface area contributed by atoms with Crippen LogP contribution < -0.4 is 5.32 Å². The van der Waals surface area contributed by atoms with Crippen molar-refractivity contribution in [1.29, 1.82) is 0 Å². The zero-order valence-corrected chi connectivity index (χ0v) is 11.2. The Morgan fingerprint density at radius 3 is 2.82 bits per heavy atom. The zero-order valence-electron chi connectivity index (χ0n) is 11.2. The molecule has 1 aliphatic rings. The molecule has 0 unspecified atom stereocenters. The average molecular weight is 235 g/mol. The molecular weight excluding hydrogens is 210 g/mol. The predicted molar refractivity (Wildman–Crippen MR) is 72.1 cm³/mol. The molecule has 2 rings (SSSR count). The van der Waals surface area contributed by atoms with Gasteiger partial charge in [-0.2, -0.15) is 0 Å². The number of aryl methyl sites for hydroxylation is 1. The van der Waals surface area contributed by atoms with Crippen molar-refractivity contribution >= 4 is 0 Å². The SMILES string of the molecule is CCN(CCNCc1ccn(CC)c1)C1CC1. The Kier molecular flexibility index (Phi) is 4.63. The Bertz CT molecular complexity index is 328. The van der Waals surface area contributed by atoms with Gasteiger partial charge in [-0.25, -0.2) is 0 Å². The minimum Gasteiger partial charge on any atom is -0.354 e. The van der Waals surface area contributed by atoms with Crippen molar-refractivity contribution in [3.05, 3.63) is 24.0 Å². The van der Waals surface area contributed by atoms with Crippen LogP contribution in [-0.4, -0.2) is 35.1 Å². The first-order valence-corrected chi connectivity index (χ1v) is 6.93. The number of hydrogen-bond acceptors (Lipinski definition) is 2. The Morgan fingerprint density at radius 1 is 1.41 bits per heavy atom. The Morgan fingerprint density at radius 2 is 2.24 bits per heavy atom. The Labute approximate surface area is 105 Å². The molecule has 3 nitrogen and oxygen atoms in total. The fraction of sp³-hybridized carbons (Fsp3) is 0.714. The van der Waals surface area contributed by atoms with Gasteiger partial charge in [-0.15, -0.1) is 0 Å². The molecule has 0 bridgehead atoms. The highest BCUT2D eigenvalue weighted by atomic mass is 15.2. The third-order valence-electron chi connectivity index (χ3n) is 3.55. The van der Waals surface area contributed by atoms with E-state index in [1.807, 2.05) is 0 Å². The van der Waals surface area contributed by atoms with Crippen molar-refractivity contribution in [3.63, 3.8) is 0 Å². The van der Waals surface area contributed by atoms with Crippen LogP contribution in [-0.2, 0) is 13.1 Å². The molecule has 0 saturated heterocycles. The quantitative estimate of drug-likeness (QED) is 0.696. The van der Waals surface area contributed by atoms with Gasteiger partial charge >= 0.3 is 0 Å². The monoisotopic (exact) mass is 235 g/mol. The summed E-state index contributed by atoms with van der Waals surface area (Å²) in [5.74, 6) is 0. The van der Waals surface area contributed by atoms with E-state index in [-0.39, 0.29) is 0 Å². The zero-order chi connectivity index (χ0) is 12.1. The summed E-state index contributed by atoms with van der Waals surface area (Å²) in [4.78, 5) is 2.59. The molecule has 17 heavy (non-hydrogen) atoms. The minimum atomic E-state index is 0.892. The van der Waals surface area contributed by atoms with Crippen LogP contribution in [0.15, 0.2) is 18.5 Å². The van der Waals surface area contributed by atoms with Crippen molar-refractivity contribution in [3.8, 4) is 0 Å². The lowest BCUT2D eigenvalue weighted by Crippen LogP contribution is -2.33. The molecule has 0 atom stereocenters. The second-order valence-electron chi connectivity index (χ2n) is 4.89. The summed E-state index contributed by atoms with van der Waals surface area (Å²) >= 11 is 0. The van der Waals surface area contributed by atoms with E-state index in [1.165, 1.54) is 31.5 Å². The highest BCUT2D eigenvalue weighted by molar-refractivity contribution is 5.09. The molecule has 1 aromatic rings. The third-order valence-corrected chi connectivity index (χ3v) is 3.55. The van der Waals surface area contributed by atoms with Gasteiger partial charge in [0.05, 0.1) is 0 Å². The summed E-state index contributed by atoms with van der Waals surface area (Å²) in [6, 6.07) is 3.09. The molecule has 1 heterocycles. The van der Waals surface area contributed by atoms with E-state index in [0.29, 0.717) is 0 Å². The van der Waals surface area contributed by atoms with Crippen LogP contribution in [0, 0.1) is 0 Å². The second-order valence-corrected chi connectivity index (χ2v) is 4.89. The summed E-state index contributed by atoms with van der Waals surface area (Å²) in [6.45, 7) is 9.97. The Hall–Kier alpha value is -0.800. The number of nitrogens with one attached hydrogen (secondary N) is 1. The van der Waals surface area contributed by atoms with Gasteiger partial charge < -0.3 is 9.88 Å². The summed E-state index contributed by atoms with van der Waals surface area (Å²) in [5, 5.41) is 3.53. The number of rotatable bonds is 8. The summed E-state index contributed by atoms with van der Waals surface area (Å²) in [7, 11) is 0. The molecule has 0 aliphatic heterocycles. The van der Waals surface area contributed by atoms with Crippen LogP contribution >= 0.6 is 0 Å². The Balaban J connectivity index is 1.62. The average Bonchev–Trinajstić information content (AvgIpc) is 3.08. The standard InChI is InChI=1S/C14H25N3/c1-3-16-9-7-13(12-16)11-15-8-10-17(4-2)14-5-6-14/h7,9,12,14-15H,3-6,8,10-11H2,1-2H3. The van der Waals surface area contributed by atoms with Crippen molar-refractivity contribution in [2.45, 2.75) is 45.8 Å². The van der Waals surface area contributed by atoms with Gasteiger partial charge in [0.25, 0.3) is 0 Å². The lowest BCUT2D eigenvalue weighted by Gasteiger charge is -2.19. The van der Waals surface area contributed by atoms with Crippen molar-refractivity contribution < 1.29 is 0 Å². The van der Waals surface area contributed by atoms with Gasteiger partial charge in [-0.3, -0.25) is 4.90 Å². The van der Waals surface area contributed by atoms with E-state index in [2.05, 4.69) is 47.1 Å². The van der Waals surface area contributed by atoms with Gasteiger partial charge in [0, 0.05) is 44.6 Å². The summed E-state index contributed by atoms with van der Waals surface area (Å²) in [5.41, 5.74) is 1.39. The molecule has 0 amide bonds. The van der Waals surface area contributed by atoms with E-state index < -0.39 is 0 Å². The fourth-order valence-corrected chi connectivity index (χ4v) is 2.29. The molecule has 3 heteroatoms. The molecule has 96 valence electrons. The van der Waals surface area contributed by atoms with Crippen LogP contribution in [0.5, 0.6) is 0 Å². The molecule has 0 radical (unpaired) electrons. The van der Waals surface area contributed by atoms with Crippen LogP contribution in [0.2, 0.25) is 0 Å². The summed E-state index contributed by atoms with van der Waals surface area (Å²) in [6.07, 6.45) is 7.20. The molecular formula is C14H25N3. The van der Waals surface area contributed by atoms with Gasteiger partial charge in [-0.05, 0) is 37.9 Å². The maximum absolute atomic E-state index is 3.53. The maximum Gasteiger partial charge on any atom is 0.0221 e. The maximum atomic E-state index is 3.53. The molecule has 1 fully saturated rings. The van der Waals surface area contributed by atoms with Crippen molar-refractivity contribution in [2.24, 2.45) is 0 Å². The number of likely N-dealkylation sites (N-methyl/N-ethyl adjacent to an activating group) is 1. The third kappa shape index (κ3) is 3.86. The van der Waals surface area contributed by atoms with Gasteiger partial charge in [-0.1, -0.05) is 6.92 Å². The number of nitrogens with zero attached hydrogens (tertiary/aromatic N) is 2. The van der Waals surface area contributed by atoms with Crippen molar-refractivity contribution in [2.75, 3.05) is 19.6 Å². The molecule has 1 aliphatic carbocycles. The van der Waals surface area contributed by atoms with E-state index in [4.69, 9.17) is 0 Å². The first-order valence-electron chi connectivity index (χ1n) is 6.93. The van der Waals surface area contributed by atoms with E-state index >= 15 is 0 Å². The number of hydrogen-bond donors (Lipinski definition) is 1. The van der Waals surface area contributed by atoms with Crippen molar-refractivity contribution in [1.82, 2.24) is 14.8 Å². The fourth-order valence-electron chi connectivity index (χ4n) is 2.29. The lowest BCUT2D eigenvalue weighted by molar-refractivity contribution is 0.277. The molecule has 1 aromatic heterocycles. The van der Waals surface area contributed by atoms with E-state index in [0.717, 1.165) is 25.7 Å². The molecule has 0 spiro atoms. The normalized spacial score (nSPS) is 15.7. The van der Waals surface area contributed by atoms with Gasteiger partial charge in [0.1, 0.15) is 0 Å². The summed E-state index contributed by atoms with van der Waals surface area (Å²) < 4.78 is 2.22. The largest absolute Gasteiger partial charge is 0.354 e. The second kappa shape index (κ2) is 6.22. The van der Waals surface area contributed by atoms with E-state index in [1.54, 1.807) is 0 Å². The highest BCUT2D eigenvalue weighted by Gasteiger charge is 2.26. The van der Waals surface area contributed by atoms with Crippen LogP contribution in [0.4, 0.5) is 0 Å². The van der Waals surface area contributed by atoms with Crippen LogP contribution in [0.3, 0.4) is 0 Å². The van der Waals surface area contributed by atoms with Crippen LogP contribution in [0.25, 0.3) is 0 Å². The first-order chi connectivity index (χ1) is 8.33. The minimum absolute atomic E-state index is 0.892. The van der Waals surface area contributed by atoms with Gasteiger partial charge in [0.2, 0.25) is 0 Å². The van der Waals surface area contributed by atoms with Gasteiger partial charge in [0.15, 0.2) is 0 Å². The lowest BCUT2D eigenvalue weighted by atomic mass is 10.3. The number of aromatic nitrogens is 1. The topological polar surface area (TPSA) is 20.2 Å². The molecule has 1 saturated carbocycles. The highest BCUT2D eigenvalue weighted by Crippen LogP contribution is 2.25.